The molecule has 0 unspecified atom stereocenters. The molecule has 1 aliphatic heterocycles. The predicted octanol–water partition coefficient (Wildman–Crippen LogP) is 7.67. The van der Waals surface area contributed by atoms with Gasteiger partial charge in [0.15, 0.2) is 11.0 Å². The Kier molecular flexibility index (Phi) is 10.3. The van der Waals surface area contributed by atoms with E-state index in [0.717, 1.165) is 106 Å². The van der Waals surface area contributed by atoms with Gasteiger partial charge in [0.05, 0.1) is 41.4 Å². The number of fused-ring (bicyclic) bond motifs is 6. The first-order valence-electron chi connectivity index (χ1n) is 17.7. The van der Waals surface area contributed by atoms with E-state index in [4.69, 9.17) is 0 Å². The molecule has 0 radical (unpaired) electrons. The van der Waals surface area contributed by atoms with Crippen LogP contribution in [0.1, 0.15) is 52.8 Å². The lowest BCUT2D eigenvalue weighted by atomic mass is 9.94. The van der Waals surface area contributed by atoms with Crippen LogP contribution < -0.4 is 19.6 Å². The predicted molar refractivity (Wildman–Crippen MR) is 204 cm³/mol. The maximum Gasteiger partial charge on any atom is 0.282 e. The number of nitrogens with zero attached hydrogens (tertiary/aromatic N) is 4. The maximum absolute atomic E-state index is 12.1. The highest BCUT2D eigenvalue weighted by molar-refractivity contribution is 7.94. The zero-order chi connectivity index (χ0) is 36.6. The van der Waals surface area contributed by atoms with Gasteiger partial charge in [-0.1, -0.05) is 42.5 Å². The molecule has 4 aromatic carbocycles. The summed E-state index contributed by atoms with van der Waals surface area (Å²) in [6, 6.07) is 18.8. The van der Waals surface area contributed by atoms with Gasteiger partial charge in [-0.3, -0.25) is 5.04 Å². The molecule has 1 aliphatic carbocycles. The van der Waals surface area contributed by atoms with Crippen LogP contribution in [0.3, 0.4) is 0 Å². The van der Waals surface area contributed by atoms with Gasteiger partial charge in [0, 0.05) is 45.6 Å². The third kappa shape index (κ3) is 6.33. The molecule has 0 N–H and O–H groups in total. The Morgan fingerprint density at radius 3 is 2.35 bits per heavy atom. The van der Waals surface area contributed by atoms with Crippen molar-refractivity contribution in [2.75, 3.05) is 22.9 Å². The number of aryl methyl sites for hydroxylation is 2. The van der Waals surface area contributed by atoms with Gasteiger partial charge in [0.1, 0.15) is 15.9 Å². The fourth-order valence-corrected chi connectivity index (χ4v) is 9.08. The average molecular weight is 738 g/mol. The summed E-state index contributed by atoms with van der Waals surface area (Å²) >= 11 is 0.914. The topological polar surface area (TPSA) is 114 Å². The molecule has 0 spiro atoms. The van der Waals surface area contributed by atoms with E-state index in [1.165, 1.54) is 17.2 Å². The molecule has 0 amide bonds. The molecule has 2 aliphatic rings. The molecule has 5 aromatic rings. The third-order valence-corrected chi connectivity index (χ3v) is 11.6. The number of hydrogen-bond acceptors (Lipinski definition) is 9. The van der Waals surface area contributed by atoms with Crippen molar-refractivity contribution in [1.29, 1.82) is 0 Å². The Morgan fingerprint density at radius 2 is 1.62 bits per heavy atom. The minimum absolute atomic E-state index is 0.192. The summed E-state index contributed by atoms with van der Waals surface area (Å²) < 4.78 is 45.6. The summed E-state index contributed by atoms with van der Waals surface area (Å²) in [6.07, 6.45) is 14.1. The van der Waals surface area contributed by atoms with Crippen LogP contribution in [0.4, 0.5) is 11.4 Å². The van der Waals surface area contributed by atoms with Crippen molar-refractivity contribution in [3.8, 4) is 0 Å². The quantitative estimate of drug-likeness (QED) is 0.0443. The number of rotatable bonds is 11. The van der Waals surface area contributed by atoms with Crippen molar-refractivity contribution in [2.45, 2.75) is 69.8 Å². The Labute approximate surface area is 308 Å². The normalized spacial score (nSPS) is 16.8. The van der Waals surface area contributed by atoms with Gasteiger partial charge >= 0.3 is 0 Å². The van der Waals surface area contributed by atoms with Crippen LogP contribution in [-0.2, 0) is 32.6 Å². The minimum atomic E-state index is -4.62. The molecular weight excluding hydrogens is 697 g/mol. The summed E-state index contributed by atoms with van der Waals surface area (Å²) in [7, 11) is -4.62. The molecule has 12 heteroatoms. The minimum Gasteiger partial charge on any atom is -0.744 e. The Hall–Kier alpha value is -4.43. The molecule has 0 bridgehead atoms. The van der Waals surface area contributed by atoms with Crippen LogP contribution in [-0.4, -0.2) is 30.6 Å². The average Bonchev–Trinajstić information content (AvgIpc) is 3.65. The summed E-state index contributed by atoms with van der Waals surface area (Å²) in [6.45, 7) is 11.5. The Balaban J connectivity index is 1.24. The molecule has 0 saturated carbocycles. The monoisotopic (exact) mass is 737 g/mol. The molecule has 10 nitrogen and oxygen atoms in total. The molecule has 2 heterocycles. The zero-order valence-corrected chi connectivity index (χ0v) is 31.3. The van der Waals surface area contributed by atoms with Crippen molar-refractivity contribution in [3.63, 3.8) is 0 Å². The van der Waals surface area contributed by atoms with E-state index < -0.39 is 10.1 Å². The van der Waals surface area contributed by atoms with E-state index in [0.29, 0.717) is 11.9 Å². The van der Waals surface area contributed by atoms with E-state index in [1.54, 1.807) is 12.1 Å². The molecular formula is C40H41N4O6S2-. The second kappa shape index (κ2) is 14.9. The smallest absolute Gasteiger partial charge is 0.282 e. The zero-order valence-electron chi connectivity index (χ0n) is 29.7. The second-order valence-corrected chi connectivity index (χ2v) is 14.8. The second-order valence-electron chi connectivity index (χ2n) is 12.8. The Morgan fingerprint density at radius 1 is 0.846 bits per heavy atom. The molecule has 0 saturated heterocycles. The summed E-state index contributed by atoms with van der Waals surface area (Å²) in [5.74, 6) is 2.13. The first kappa shape index (κ1) is 36.0. The SMILES string of the molecule is CCN1/C(=C/C=C2C=C(/C=C/c3n(CC)c4c5cccc(SOO[O-])c5ccc4[n+]3CC)CCC/2)N(CC)c2c1ccc1c(S(=O)(=O)[O-])cccc21. The van der Waals surface area contributed by atoms with Gasteiger partial charge in [-0.2, -0.15) is 4.33 Å². The van der Waals surface area contributed by atoms with Crippen LogP contribution in [0.25, 0.3) is 38.7 Å². The number of aromatic nitrogens is 2. The first-order chi connectivity index (χ1) is 25.2. The number of anilines is 2. The van der Waals surface area contributed by atoms with Crippen LogP contribution in [0.2, 0.25) is 0 Å². The number of hydrogen-bond donors (Lipinski definition) is 0. The van der Waals surface area contributed by atoms with E-state index >= 15 is 0 Å². The van der Waals surface area contributed by atoms with E-state index in [1.807, 2.05) is 24.3 Å². The highest BCUT2D eigenvalue weighted by atomic mass is 32.2. The lowest BCUT2D eigenvalue weighted by molar-refractivity contribution is -0.777. The van der Waals surface area contributed by atoms with Crippen LogP contribution >= 0.6 is 12.0 Å². The van der Waals surface area contributed by atoms with Crippen molar-refractivity contribution in [2.24, 2.45) is 0 Å². The van der Waals surface area contributed by atoms with Crippen molar-refractivity contribution in [3.05, 3.63) is 108 Å². The van der Waals surface area contributed by atoms with Gasteiger partial charge in [-0.05, 0) is 101 Å². The molecule has 1 aromatic heterocycles. The highest BCUT2D eigenvalue weighted by Gasteiger charge is 2.31. The van der Waals surface area contributed by atoms with Crippen molar-refractivity contribution >= 4 is 72.2 Å². The van der Waals surface area contributed by atoms with Gasteiger partial charge in [-0.25, -0.2) is 17.6 Å². The molecule has 0 atom stereocenters. The molecule has 52 heavy (non-hydrogen) atoms. The summed E-state index contributed by atoms with van der Waals surface area (Å²) in [5, 5.41) is 17.4. The standard InChI is InChI=1S/C40H42N4O6S2/c1-5-41-33-22-20-29-31(14-10-16-35(29)51-50-49-45)39(33)43(7-3)37(41)24-18-27-12-9-13-28(26-27)19-25-38-42(6-2)34-23-21-30-32(40(34)44(38)8-4)15-11-17-36(30)52(46,47)48/h10-11,14-26H,5-9,12-13H2,1-4H3,(H-,45,46,47,48)/p-1. The van der Waals surface area contributed by atoms with Gasteiger partial charge in [0.25, 0.3) is 5.82 Å². The van der Waals surface area contributed by atoms with Crippen molar-refractivity contribution < 1.29 is 32.2 Å². The van der Waals surface area contributed by atoms with Gasteiger partial charge in [-0.15, -0.1) is 0 Å². The largest absolute Gasteiger partial charge is 0.744 e. The number of allylic oxidation sites excluding steroid dienone is 6. The van der Waals surface area contributed by atoms with Crippen LogP contribution in [0.15, 0.2) is 112 Å². The Bertz CT molecular complexity index is 2430. The van der Waals surface area contributed by atoms with Gasteiger partial charge in [0.2, 0.25) is 0 Å². The van der Waals surface area contributed by atoms with Crippen LogP contribution in [0, 0.1) is 0 Å². The summed E-state index contributed by atoms with van der Waals surface area (Å²) in [5.41, 5.74) is 6.69. The first-order valence-corrected chi connectivity index (χ1v) is 19.9. The lowest BCUT2D eigenvalue weighted by Gasteiger charge is -2.23. The lowest BCUT2D eigenvalue weighted by Crippen LogP contribution is -2.35. The van der Waals surface area contributed by atoms with E-state index in [9.17, 15) is 18.2 Å². The highest BCUT2D eigenvalue weighted by Crippen LogP contribution is 2.47. The van der Waals surface area contributed by atoms with Crippen LogP contribution in [0.5, 0.6) is 0 Å². The molecule has 0 fully saturated rings. The molecule has 270 valence electrons. The molecule has 7 rings (SSSR count). The maximum atomic E-state index is 12.1. The third-order valence-electron chi connectivity index (χ3n) is 10.1. The fraction of sp³-hybridized carbons (Fsp3) is 0.275. The fourth-order valence-electron chi connectivity index (χ4n) is 7.88. The van der Waals surface area contributed by atoms with Gasteiger partial charge < -0.3 is 19.6 Å². The number of benzene rings is 4. The van der Waals surface area contributed by atoms with Crippen molar-refractivity contribution in [1.82, 2.24) is 4.57 Å². The summed E-state index contributed by atoms with van der Waals surface area (Å²) in [4.78, 5) is 5.06. The number of imidazole rings is 1. The van der Waals surface area contributed by atoms with E-state index in [2.05, 4.69) is 105 Å². The van der Waals surface area contributed by atoms with E-state index in [-0.39, 0.29) is 4.90 Å².